The largest absolute Gasteiger partial charge is 0.489 e. The van der Waals surface area contributed by atoms with Crippen LogP contribution in [0.15, 0.2) is 42.5 Å². The van der Waals surface area contributed by atoms with Crippen molar-refractivity contribution in [3.05, 3.63) is 58.9 Å². The van der Waals surface area contributed by atoms with Gasteiger partial charge in [0.15, 0.2) is 0 Å². The first-order valence-corrected chi connectivity index (χ1v) is 5.96. The van der Waals surface area contributed by atoms with Gasteiger partial charge in [0.2, 0.25) is 0 Å². The van der Waals surface area contributed by atoms with E-state index < -0.39 is 12.9 Å². The molecule has 0 heterocycles. The highest BCUT2D eigenvalue weighted by atomic mass is 35.5. The van der Waals surface area contributed by atoms with Crippen LogP contribution in [-0.2, 0) is 6.61 Å². The van der Waals surface area contributed by atoms with Crippen LogP contribution in [0.4, 0.5) is 4.39 Å². The Bertz CT molecular complexity index is 560. The van der Waals surface area contributed by atoms with Crippen LogP contribution in [0.5, 0.6) is 5.75 Å². The minimum atomic E-state index is -1.70. The van der Waals surface area contributed by atoms with Gasteiger partial charge in [0.05, 0.1) is 0 Å². The van der Waals surface area contributed by atoms with Crippen LogP contribution in [0, 0.1) is 5.82 Å². The summed E-state index contributed by atoms with van der Waals surface area (Å²) < 4.78 is 18.7. The number of ether oxygens (including phenoxy) is 1. The van der Waals surface area contributed by atoms with E-state index in [1.165, 1.54) is 12.1 Å². The monoisotopic (exact) mass is 280 g/mol. The van der Waals surface area contributed by atoms with Gasteiger partial charge in [0, 0.05) is 5.02 Å². The summed E-state index contributed by atoms with van der Waals surface area (Å²) in [6.07, 6.45) is 0. The highest BCUT2D eigenvalue weighted by Gasteiger charge is 2.13. The number of rotatable bonds is 4. The second-order valence-corrected chi connectivity index (χ2v) is 4.45. The van der Waals surface area contributed by atoms with Crippen LogP contribution in [0.25, 0.3) is 0 Å². The number of benzene rings is 2. The summed E-state index contributed by atoms with van der Waals surface area (Å²) in [5.41, 5.74) is 0.604. The SMILES string of the molecule is OB(O)c1cc(F)cc(COc2ccc(Cl)cc2)c1. The number of hydrogen-bond acceptors (Lipinski definition) is 3. The maximum Gasteiger partial charge on any atom is 0.488 e. The van der Waals surface area contributed by atoms with E-state index in [1.54, 1.807) is 24.3 Å². The molecule has 0 unspecified atom stereocenters. The molecule has 0 amide bonds. The van der Waals surface area contributed by atoms with Gasteiger partial charge in [-0.15, -0.1) is 0 Å². The quantitative estimate of drug-likeness (QED) is 0.839. The predicted octanol–water partition coefficient (Wildman–Crippen LogP) is 1.74. The first-order chi connectivity index (χ1) is 9.04. The van der Waals surface area contributed by atoms with Crippen molar-refractivity contribution in [2.75, 3.05) is 0 Å². The Morgan fingerprint density at radius 2 is 1.79 bits per heavy atom. The van der Waals surface area contributed by atoms with E-state index in [2.05, 4.69) is 0 Å². The molecular formula is C13H11BClFO3. The molecule has 2 aromatic carbocycles. The zero-order valence-electron chi connectivity index (χ0n) is 9.88. The molecule has 0 bridgehead atoms. The van der Waals surface area contributed by atoms with Crippen LogP contribution in [0.3, 0.4) is 0 Å². The van der Waals surface area contributed by atoms with E-state index in [0.717, 1.165) is 6.07 Å². The Labute approximate surface area is 115 Å². The fourth-order valence-electron chi connectivity index (χ4n) is 1.61. The molecule has 0 saturated carbocycles. The summed E-state index contributed by atoms with van der Waals surface area (Å²) in [6.45, 7) is 0.124. The van der Waals surface area contributed by atoms with E-state index in [1.807, 2.05) is 0 Å². The van der Waals surface area contributed by atoms with Crippen molar-refractivity contribution >= 4 is 24.2 Å². The van der Waals surface area contributed by atoms with E-state index in [0.29, 0.717) is 16.3 Å². The average molecular weight is 280 g/mol. The van der Waals surface area contributed by atoms with Gasteiger partial charge < -0.3 is 14.8 Å². The minimum absolute atomic E-state index is 0.0923. The molecule has 0 spiro atoms. The van der Waals surface area contributed by atoms with Crippen molar-refractivity contribution < 1.29 is 19.2 Å². The first kappa shape index (κ1) is 13.9. The highest BCUT2D eigenvalue weighted by Crippen LogP contribution is 2.17. The molecule has 0 saturated heterocycles. The van der Waals surface area contributed by atoms with Crippen molar-refractivity contribution in [2.24, 2.45) is 0 Å². The molecule has 0 fully saturated rings. The van der Waals surface area contributed by atoms with E-state index in [4.69, 9.17) is 26.4 Å². The summed E-state index contributed by atoms with van der Waals surface area (Å²) in [7, 11) is -1.70. The van der Waals surface area contributed by atoms with Gasteiger partial charge in [0.1, 0.15) is 18.2 Å². The normalized spacial score (nSPS) is 10.3. The molecule has 0 radical (unpaired) electrons. The van der Waals surface area contributed by atoms with Crippen LogP contribution in [-0.4, -0.2) is 17.2 Å². The first-order valence-electron chi connectivity index (χ1n) is 5.58. The maximum atomic E-state index is 13.3. The van der Waals surface area contributed by atoms with Gasteiger partial charge in [-0.25, -0.2) is 4.39 Å². The summed E-state index contributed by atoms with van der Waals surface area (Å²) >= 11 is 5.74. The third kappa shape index (κ3) is 3.96. The van der Waals surface area contributed by atoms with Gasteiger partial charge in [-0.05, 0) is 47.4 Å². The molecule has 6 heteroatoms. The second-order valence-electron chi connectivity index (χ2n) is 4.01. The molecule has 2 rings (SSSR count). The second kappa shape index (κ2) is 6.06. The molecule has 98 valence electrons. The number of hydrogen-bond donors (Lipinski definition) is 2. The topological polar surface area (TPSA) is 49.7 Å². The van der Waals surface area contributed by atoms with Gasteiger partial charge >= 0.3 is 7.12 Å². The summed E-state index contributed by atoms with van der Waals surface area (Å²) in [6, 6.07) is 10.6. The molecule has 0 aliphatic carbocycles. The van der Waals surface area contributed by atoms with E-state index in [9.17, 15) is 4.39 Å². The molecule has 0 aromatic heterocycles. The maximum absolute atomic E-state index is 13.3. The van der Waals surface area contributed by atoms with E-state index in [-0.39, 0.29) is 12.1 Å². The van der Waals surface area contributed by atoms with Gasteiger partial charge in [0.25, 0.3) is 0 Å². The lowest BCUT2D eigenvalue weighted by atomic mass is 9.79. The Hall–Kier alpha value is -1.56. The lowest BCUT2D eigenvalue weighted by Crippen LogP contribution is -2.30. The van der Waals surface area contributed by atoms with Crippen LogP contribution >= 0.6 is 11.6 Å². The molecule has 19 heavy (non-hydrogen) atoms. The minimum Gasteiger partial charge on any atom is -0.489 e. The average Bonchev–Trinajstić information content (AvgIpc) is 2.37. The lowest BCUT2D eigenvalue weighted by Gasteiger charge is -2.08. The zero-order chi connectivity index (χ0) is 13.8. The molecule has 2 N–H and O–H groups in total. The third-order valence-electron chi connectivity index (χ3n) is 2.50. The Balaban J connectivity index is 2.08. The summed E-state index contributed by atoms with van der Waals surface area (Å²) in [4.78, 5) is 0. The Morgan fingerprint density at radius 1 is 1.11 bits per heavy atom. The van der Waals surface area contributed by atoms with Gasteiger partial charge in [-0.1, -0.05) is 17.7 Å². The van der Waals surface area contributed by atoms with Crippen LogP contribution in [0.1, 0.15) is 5.56 Å². The van der Waals surface area contributed by atoms with Crippen molar-refractivity contribution in [3.63, 3.8) is 0 Å². The predicted molar refractivity (Wildman–Crippen MR) is 72.0 cm³/mol. The lowest BCUT2D eigenvalue weighted by molar-refractivity contribution is 0.305. The van der Waals surface area contributed by atoms with Crippen molar-refractivity contribution in [3.8, 4) is 5.75 Å². The van der Waals surface area contributed by atoms with E-state index >= 15 is 0 Å². The standard InChI is InChI=1S/C13H11BClFO3/c15-11-1-3-13(4-2-11)19-8-9-5-10(14(17)18)7-12(16)6-9/h1-7,17-18H,8H2. The summed E-state index contributed by atoms with van der Waals surface area (Å²) in [5, 5.41) is 18.6. The van der Waals surface area contributed by atoms with Crippen LogP contribution < -0.4 is 10.2 Å². The fraction of sp³-hybridized carbons (Fsp3) is 0.0769. The third-order valence-corrected chi connectivity index (χ3v) is 2.75. The molecular weight excluding hydrogens is 269 g/mol. The van der Waals surface area contributed by atoms with Crippen molar-refractivity contribution in [1.82, 2.24) is 0 Å². The zero-order valence-corrected chi connectivity index (χ0v) is 10.6. The smallest absolute Gasteiger partial charge is 0.488 e. The Morgan fingerprint density at radius 3 is 2.42 bits per heavy atom. The van der Waals surface area contributed by atoms with Gasteiger partial charge in [-0.3, -0.25) is 0 Å². The highest BCUT2D eigenvalue weighted by molar-refractivity contribution is 6.58. The Kier molecular flexibility index (Phi) is 4.42. The van der Waals surface area contributed by atoms with Crippen molar-refractivity contribution in [2.45, 2.75) is 6.61 Å². The molecule has 0 aliphatic heterocycles. The van der Waals surface area contributed by atoms with Crippen molar-refractivity contribution in [1.29, 1.82) is 0 Å². The molecule has 0 atom stereocenters. The van der Waals surface area contributed by atoms with Gasteiger partial charge in [-0.2, -0.15) is 0 Å². The van der Waals surface area contributed by atoms with Crippen LogP contribution in [0.2, 0.25) is 5.02 Å². The number of halogens is 2. The molecule has 3 nitrogen and oxygen atoms in total. The molecule has 2 aromatic rings. The fourth-order valence-corrected chi connectivity index (χ4v) is 1.73. The molecule has 0 aliphatic rings. The summed E-state index contributed by atoms with van der Waals surface area (Å²) in [5.74, 6) is 0.0556.